The smallest absolute Gasteiger partial charge is 0.269 e. The predicted molar refractivity (Wildman–Crippen MR) is 139 cm³/mol. The molecule has 1 aliphatic heterocycles. The van der Waals surface area contributed by atoms with E-state index >= 15 is 0 Å². The highest BCUT2D eigenvalue weighted by atomic mass is 16.6. The summed E-state index contributed by atoms with van der Waals surface area (Å²) in [6, 6.07) is 20.4. The summed E-state index contributed by atoms with van der Waals surface area (Å²) in [4.78, 5) is 29.2. The van der Waals surface area contributed by atoms with E-state index in [1.807, 2.05) is 37.3 Å². The first-order valence-electron chi connectivity index (χ1n) is 11.6. The standard InChI is InChI=1S/C27H24N6O4/c1-16-7-6-8-19(15-16)25-30-27-28-17(2)23(26(34)29-21-9-4-5-10-22(21)37-3)24(32(27)31-25)18-11-13-20(14-12-18)33(35)36/h4-15,24H,1-3H3,(H,29,34)(H,28,30,31). The number of anilines is 2. The lowest BCUT2D eigenvalue weighted by molar-refractivity contribution is -0.384. The van der Waals surface area contributed by atoms with E-state index in [2.05, 4.69) is 15.6 Å². The molecule has 1 amide bonds. The van der Waals surface area contributed by atoms with E-state index in [4.69, 9.17) is 9.84 Å². The van der Waals surface area contributed by atoms with Crippen LogP contribution in [0, 0.1) is 17.0 Å². The highest BCUT2D eigenvalue weighted by Crippen LogP contribution is 2.38. The average Bonchev–Trinajstić information content (AvgIpc) is 3.32. The van der Waals surface area contributed by atoms with Crippen LogP contribution in [0.5, 0.6) is 5.75 Å². The SMILES string of the molecule is COc1ccccc1NC(=O)C1=C(C)Nc2nc(-c3cccc(C)c3)nn2C1c1ccc([N+](=O)[O-])cc1. The average molecular weight is 497 g/mol. The van der Waals surface area contributed by atoms with Crippen molar-refractivity contribution in [1.82, 2.24) is 14.8 Å². The normalized spacial score (nSPS) is 14.5. The van der Waals surface area contributed by atoms with Gasteiger partial charge < -0.3 is 15.4 Å². The number of carbonyl (C=O) groups is 1. The number of rotatable bonds is 6. The topological polar surface area (TPSA) is 124 Å². The van der Waals surface area contributed by atoms with E-state index in [0.29, 0.717) is 40.0 Å². The number of non-ortho nitro benzene ring substituents is 1. The molecule has 10 nitrogen and oxygen atoms in total. The number of amides is 1. The van der Waals surface area contributed by atoms with E-state index in [0.717, 1.165) is 11.1 Å². The van der Waals surface area contributed by atoms with Crippen molar-refractivity contribution >= 4 is 23.2 Å². The highest BCUT2D eigenvalue weighted by Gasteiger charge is 2.35. The monoisotopic (exact) mass is 496 g/mol. The van der Waals surface area contributed by atoms with Gasteiger partial charge in [0, 0.05) is 23.4 Å². The number of fused-ring (bicyclic) bond motifs is 1. The molecule has 2 heterocycles. The summed E-state index contributed by atoms with van der Waals surface area (Å²) in [5, 5.41) is 22.1. The van der Waals surface area contributed by atoms with Crippen molar-refractivity contribution in [3.63, 3.8) is 0 Å². The number of para-hydroxylation sites is 2. The van der Waals surface area contributed by atoms with Gasteiger partial charge in [-0.2, -0.15) is 4.98 Å². The van der Waals surface area contributed by atoms with Gasteiger partial charge in [-0.25, -0.2) is 4.68 Å². The number of carbonyl (C=O) groups excluding carboxylic acids is 1. The van der Waals surface area contributed by atoms with Gasteiger partial charge >= 0.3 is 0 Å². The first kappa shape index (κ1) is 23.7. The van der Waals surface area contributed by atoms with Gasteiger partial charge in [-0.3, -0.25) is 14.9 Å². The molecule has 0 bridgehead atoms. The summed E-state index contributed by atoms with van der Waals surface area (Å²) in [6.45, 7) is 3.78. The maximum Gasteiger partial charge on any atom is 0.269 e. The quantitative estimate of drug-likeness (QED) is 0.281. The van der Waals surface area contributed by atoms with Crippen molar-refractivity contribution in [2.75, 3.05) is 17.7 Å². The van der Waals surface area contributed by atoms with Crippen molar-refractivity contribution in [2.45, 2.75) is 19.9 Å². The van der Waals surface area contributed by atoms with Crippen LogP contribution in [0.4, 0.5) is 17.3 Å². The molecule has 2 N–H and O–H groups in total. The summed E-state index contributed by atoms with van der Waals surface area (Å²) in [7, 11) is 1.53. The number of nitrogens with one attached hydrogen (secondary N) is 2. The van der Waals surface area contributed by atoms with Crippen LogP contribution in [-0.2, 0) is 4.79 Å². The predicted octanol–water partition coefficient (Wildman–Crippen LogP) is 5.10. The second kappa shape index (κ2) is 9.57. The molecule has 0 aliphatic carbocycles. The molecule has 1 unspecified atom stereocenters. The number of allylic oxidation sites excluding steroid dienone is 1. The van der Waals surface area contributed by atoms with Gasteiger partial charge in [0.25, 0.3) is 11.6 Å². The molecule has 0 radical (unpaired) electrons. The number of aromatic nitrogens is 3. The number of aryl methyl sites for hydroxylation is 1. The van der Waals surface area contributed by atoms with Crippen LogP contribution in [0.3, 0.4) is 0 Å². The van der Waals surface area contributed by atoms with Crippen LogP contribution in [-0.4, -0.2) is 32.7 Å². The molecule has 1 aromatic heterocycles. The van der Waals surface area contributed by atoms with Crippen molar-refractivity contribution in [1.29, 1.82) is 0 Å². The Kier molecular flexibility index (Phi) is 6.14. The molecule has 186 valence electrons. The van der Waals surface area contributed by atoms with Crippen LogP contribution in [0.1, 0.15) is 24.1 Å². The Bertz CT molecular complexity index is 1540. The van der Waals surface area contributed by atoms with E-state index in [1.54, 1.807) is 41.9 Å². The lowest BCUT2D eigenvalue weighted by Crippen LogP contribution is -2.31. The minimum absolute atomic E-state index is 0.0438. The van der Waals surface area contributed by atoms with Gasteiger partial charge in [-0.1, -0.05) is 35.9 Å². The Morgan fingerprint density at radius 2 is 1.84 bits per heavy atom. The number of nitrogens with zero attached hydrogens (tertiary/aromatic N) is 4. The molecular weight excluding hydrogens is 472 g/mol. The molecule has 4 aromatic rings. The molecule has 0 saturated carbocycles. The van der Waals surface area contributed by atoms with Crippen molar-refractivity contribution in [3.8, 4) is 17.1 Å². The largest absolute Gasteiger partial charge is 0.495 e. The molecule has 0 spiro atoms. The Balaban J connectivity index is 1.61. The first-order chi connectivity index (χ1) is 17.9. The number of hydrogen-bond donors (Lipinski definition) is 2. The van der Waals surface area contributed by atoms with E-state index in [-0.39, 0.29) is 11.6 Å². The Morgan fingerprint density at radius 1 is 1.08 bits per heavy atom. The van der Waals surface area contributed by atoms with Crippen LogP contribution >= 0.6 is 0 Å². The van der Waals surface area contributed by atoms with Gasteiger partial charge in [0.2, 0.25) is 5.95 Å². The van der Waals surface area contributed by atoms with E-state index in [9.17, 15) is 14.9 Å². The van der Waals surface area contributed by atoms with Gasteiger partial charge in [0.15, 0.2) is 5.82 Å². The number of nitro benzene ring substituents is 1. The summed E-state index contributed by atoms with van der Waals surface area (Å²) in [5.41, 5.74) is 4.01. The van der Waals surface area contributed by atoms with Crippen LogP contribution in [0.2, 0.25) is 0 Å². The second-order valence-corrected chi connectivity index (χ2v) is 8.64. The number of ether oxygens (including phenoxy) is 1. The second-order valence-electron chi connectivity index (χ2n) is 8.64. The molecule has 5 rings (SSSR count). The van der Waals surface area contributed by atoms with Crippen LogP contribution in [0.15, 0.2) is 84.1 Å². The summed E-state index contributed by atoms with van der Waals surface area (Å²) in [5.74, 6) is 1.12. The van der Waals surface area contributed by atoms with Gasteiger partial charge in [0.1, 0.15) is 11.8 Å². The van der Waals surface area contributed by atoms with Gasteiger partial charge in [-0.15, -0.1) is 5.10 Å². The van der Waals surface area contributed by atoms with Crippen LogP contribution in [0.25, 0.3) is 11.4 Å². The zero-order valence-electron chi connectivity index (χ0n) is 20.4. The molecule has 1 atom stereocenters. The van der Waals surface area contributed by atoms with Crippen molar-refractivity contribution in [3.05, 3.63) is 105 Å². The molecule has 0 fully saturated rings. The lowest BCUT2D eigenvalue weighted by atomic mass is 9.95. The maximum atomic E-state index is 13.7. The summed E-state index contributed by atoms with van der Waals surface area (Å²) < 4.78 is 7.03. The molecule has 0 saturated heterocycles. The van der Waals surface area contributed by atoms with Crippen LogP contribution < -0.4 is 15.4 Å². The zero-order valence-corrected chi connectivity index (χ0v) is 20.4. The fourth-order valence-corrected chi connectivity index (χ4v) is 4.38. The zero-order chi connectivity index (χ0) is 26.1. The highest BCUT2D eigenvalue weighted by molar-refractivity contribution is 6.06. The number of hydrogen-bond acceptors (Lipinski definition) is 7. The van der Waals surface area contributed by atoms with Crippen molar-refractivity contribution < 1.29 is 14.5 Å². The van der Waals surface area contributed by atoms with Gasteiger partial charge in [-0.05, 0) is 49.7 Å². The first-order valence-corrected chi connectivity index (χ1v) is 11.6. The Morgan fingerprint density at radius 3 is 2.54 bits per heavy atom. The minimum atomic E-state index is -0.683. The summed E-state index contributed by atoms with van der Waals surface area (Å²) in [6.07, 6.45) is 0. The lowest BCUT2D eigenvalue weighted by Gasteiger charge is -2.28. The number of methoxy groups -OCH3 is 1. The van der Waals surface area contributed by atoms with Crippen molar-refractivity contribution in [2.24, 2.45) is 0 Å². The van der Waals surface area contributed by atoms with E-state index in [1.165, 1.54) is 19.2 Å². The van der Waals surface area contributed by atoms with Gasteiger partial charge in [0.05, 0.1) is 23.3 Å². The molecule has 37 heavy (non-hydrogen) atoms. The maximum absolute atomic E-state index is 13.7. The fourth-order valence-electron chi connectivity index (χ4n) is 4.38. The molecule has 3 aromatic carbocycles. The minimum Gasteiger partial charge on any atom is -0.495 e. The molecule has 10 heteroatoms. The summed E-state index contributed by atoms with van der Waals surface area (Å²) >= 11 is 0. The third kappa shape index (κ3) is 4.52. The third-order valence-electron chi connectivity index (χ3n) is 6.15. The third-order valence-corrected chi connectivity index (χ3v) is 6.15. The van der Waals surface area contributed by atoms with E-state index < -0.39 is 11.0 Å². The Labute approximate surface area is 212 Å². The number of nitro groups is 1. The Hall–Kier alpha value is -4.99. The fraction of sp³-hybridized carbons (Fsp3) is 0.148. The number of benzene rings is 3. The molecular formula is C27H24N6O4. The molecule has 1 aliphatic rings.